The third kappa shape index (κ3) is 3.01. The van der Waals surface area contributed by atoms with Gasteiger partial charge in [-0.1, -0.05) is 22.4 Å². The van der Waals surface area contributed by atoms with E-state index >= 15 is 0 Å². The van der Waals surface area contributed by atoms with Crippen molar-refractivity contribution in [1.82, 2.24) is 9.88 Å². The van der Waals surface area contributed by atoms with E-state index < -0.39 is 0 Å². The molecule has 1 unspecified atom stereocenters. The molecule has 1 aromatic heterocycles. The number of nitrogens with zero attached hydrogens (tertiary/aromatic N) is 2. The Hall–Kier alpha value is -0.480. The van der Waals surface area contributed by atoms with Gasteiger partial charge in [-0.2, -0.15) is 0 Å². The highest BCUT2D eigenvalue weighted by molar-refractivity contribution is 9.09. The number of hydrogen-bond acceptors (Lipinski definition) is 2. The van der Waals surface area contributed by atoms with Gasteiger partial charge >= 0.3 is 0 Å². The molecule has 1 aromatic rings. The summed E-state index contributed by atoms with van der Waals surface area (Å²) in [6, 6.07) is 2.16. The first kappa shape index (κ1) is 12.0. The van der Waals surface area contributed by atoms with Crippen molar-refractivity contribution >= 4 is 15.9 Å². The van der Waals surface area contributed by atoms with Crippen LogP contribution in [0.15, 0.2) is 18.5 Å². The maximum atomic E-state index is 13.0. The lowest BCUT2D eigenvalue weighted by atomic mass is 10.0. The fourth-order valence-corrected chi connectivity index (χ4v) is 2.95. The molecule has 0 N–H and O–H groups in total. The van der Waals surface area contributed by atoms with Gasteiger partial charge in [0.2, 0.25) is 0 Å². The Labute approximate surface area is 104 Å². The number of likely N-dealkylation sites (tertiary alicyclic amines) is 1. The van der Waals surface area contributed by atoms with Crippen LogP contribution in [0.25, 0.3) is 0 Å². The minimum Gasteiger partial charge on any atom is -0.295 e. The monoisotopic (exact) mass is 286 g/mol. The molecule has 0 aromatic carbocycles. The zero-order chi connectivity index (χ0) is 11.4. The molecule has 0 radical (unpaired) electrons. The predicted molar refractivity (Wildman–Crippen MR) is 66.0 cm³/mol. The van der Waals surface area contributed by atoms with E-state index in [1.807, 2.05) is 0 Å². The van der Waals surface area contributed by atoms with E-state index in [1.165, 1.54) is 25.5 Å². The van der Waals surface area contributed by atoms with Crippen molar-refractivity contribution in [2.45, 2.75) is 31.8 Å². The first-order valence-electron chi connectivity index (χ1n) is 5.69. The summed E-state index contributed by atoms with van der Waals surface area (Å²) in [5.41, 5.74) is 0.966. The van der Waals surface area contributed by atoms with E-state index in [2.05, 4.69) is 25.8 Å². The third-order valence-corrected chi connectivity index (χ3v) is 3.82. The second-order valence-electron chi connectivity index (χ2n) is 4.29. The van der Waals surface area contributed by atoms with Crippen LogP contribution >= 0.6 is 15.9 Å². The molecular formula is C12H16BrFN2. The Morgan fingerprint density at radius 3 is 3.06 bits per heavy atom. The van der Waals surface area contributed by atoms with Crippen LogP contribution in [-0.4, -0.2) is 27.8 Å². The van der Waals surface area contributed by atoms with Crippen molar-refractivity contribution in [3.05, 3.63) is 29.8 Å². The van der Waals surface area contributed by atoms with Gasteiger partial charge in [0.1, 0.15) is 5.82 Å². The van der Waals surface area contributed by atoms with Crippen LogP contribution in [0, 0.1) is 5.82 Å². The van der Waals surface area contributed by atoms with Crippen molar-refractivity contribution < 1.29 is 4.39 Å². The van der Waals surface area contributed by atoms with Crippen LogP contribution in [-0.2, 0) is 6.54 Å². The Kier molecular flexibility index (Phi) is 4.29. The first-order chi connectivity index (χ1) is 7.79. The van der Waals surface area contributed by atoms with Crippen molar-refractivity contribution in [2.24, 2.45) is 0 Å². The Balaban J connectivity index is 2.02. The van der Waals surface area contributed by atoms with Gasteiger partial charge in [0.25, 0.3) is 0 Å². The minimum atomic E-state index is -0.245. The molecule has 1 aliphatic rings. The molecule has 1 atom stereocenters. The molecule has 1 saturated heterocycles. The average molecular weight is 287 g/mol. The smallest absolute Gasteiger partial charge is 0.141 e. The van der Waals surface area contributed by atoms with Gasteiger partial charge in [-0.05, 0) is 31.0 Å². The summed E-state index contributed by atoms with van der Waals surface area (Å²) in [6.45, 7) is 1.91. The van der Waals surface area contributed by atoms with Gasteiger partial charge in [0.05, 0.1) is 6.20 Å². The predicted octanol–water partition coefficient (Wildman–Crippen LogP) is 2.97. The third-order valence-electron chi connectivity index (χ3n) is 3.07. The van der Waals surface area contributed by atoms with Crippen molar-refractivity contribution in [1.29, 1.82) is 0 Å². The summed E-state index contributed by atoms with van der Waals surface area (Å²) in [7, 11) is 0. The maximum absolute atomic E-state index is 13.0. The molecule has 1 fully saturated rings. The number of piperidine rings is 1. The lowest BCUT2D eigenvalue weighted by Gasteiger charge is -2.34. The van der Waals surface area contributed by atoms with Gasteiger partial charge in [-0.3, -0.25) is 9.88 Å². The van der Waals surface area contributed by atoms with Crippen LogP contribution in [0.1, 0.15) is 24.8 Å². The standard InChI is InChI=1S/C12H16BrFN2/c13-6-12-3-1-2-4-16(12)9-10-5-11(14)8-15-7-10/h5,7-8,12H,1-4,6,9H2. The highest BCUT2D eigenvalue weighted by Gasteiger charge is 2.21. The summed E-state index contributed by atoms with van der Waals surface area (Å²) < 4.78 is 13.0. The summed E-state index contributed by atoms with van der Waals surface area (Å²) in [5.74, 6) is -0.245. The molecule has 0 bridgehead atoms. The number of aromatic nitrogens is 1. The molecule has 16 heavy (non-hydrogen) atoms. The SMILES string of the molecule is Fc1cncc(CN2CCCCC2CBr)c1. The van der Waals surface area contributed by atoms with Gasteiger partial charge in [-0.25, -0.2) is 4.39 Å². The molecule has 0 saturated carbocycles. The number of hydrogen-bond donors (Lipinski definition) is 0. The van der Waals surface area contributed by atoms with Gasteiger partial charge in [0.15, 0.2) is 0 Å². The topological polar surface area (TPSA) is 16.1 Å². The molecule has 2 nitrogen and oxygen atoms in total. The zero-order valence-electron chi connectivity index (χ0n) is 9.20. The minimum absolute atomic E-state index is 0.245. The van der Waals surface area contributed by atoms with Crippen molar-refractivity contribution in [3.8, 4) is 0 Å². The maximum Gasteiger partial charge on any atom is 0.141 e. The number of halogens is 2. The average Bonchev–Trinajstić information content (AvgIpc) is 2.30. The van der Waals surface area contributed by atoms with E-state index in [9.17, 15) is 4.39 Å². The number of rotatable bonds is 3. The fraction of sp³-hybridized carbons (Fsp3) is 0.583. The van der Waals surface area contributed by atoms with E-state index in [1.54, 1.807) is 12.3 Å². The second-order valence-corrected chi connectivity index (χ2v) is 4.93. The van der Waals surface area contributed by atoms with Crippen LogP contribution in [0.2, 0.25) is 0 Å². The summed E-state index contributed by atoms with van der Waals surface area (Å²) in [6.07, 6.45) is 6.78. The Bertz CT molecular complexity index is 346. The summed E-state index contributed by atoms with van der Waals surface area (Å²) >= 11 is 3.55. The van der Waals surface area contributed by atoms with Gasteiger partial charge in [-0.15, -0.1) is 0 Å². The van der Waals surface area contributed by atoms with E-state index in [0.29, 0.717) is 6.04 Å². The normalized spacial score (nSPS) is 22.2. The van der Waals surface area contributed by atoms with Crippen LogP contribution < -0.4 is 0 Å². The van der Waals surface area contributed by atoms with E-state index in [0.717, 1.165) is 24.0 Å². The highest BCUT2D eigenvalue weighted by Crippen LogP contribution is 2.20. The van der Waals surface area contributed by atoms with Gasteiger partial charge in [0, 0.05) is 24.1 Å². The molecule has 1 aliphatic heterocycles. The molecule has 4 heteroatoms. The van der Waals surface area contributed by atoms with Gasteiger partial charge < -0.3 is 0 Å². The molecule has 0 amide bonds. The highest BCUT2D eigenvalue weighted by atomic mass is 79.9. The van der Waals surface area contributed by atoms with Crippen LogP contribution in [0.5, 0.6) is 0 Å². The summed E-state index contributed by atoms with van der Waals surface area (Å²) in [5, 5.41) is 0.996. The van der Waals surface area contributed by atoms with Crippen molar-refractivity contribution in [2.75, 3.05) is 11.9 Å². The molecule has 0 aliphatic carbocycles. The molecule has 2 rings (SSSR count). The zero-order valence-corrected chi connectivity index (χ0v) is 10.8. The number of alkyl halides is 1. The molecule has 88 valence electrons. The fourth-order valence-electron chi connectivity index (χ4n) is 2.22. The Morgan fingerprint density at radius 2 is 2.31 bits per heavy atom. The first-order valence-corrected chi connectivity index (χ1v) is 6.81. The van der Waals surface area contributed by atoms with Crippen LogP contribution in [0.3, 0.4) is 0 Å². The summed E-state index contributed by atoms with van der Waals surface area (Å²) in [4.78, 5) is 6.30. The molecular weight excluding hydrogens is 271 g/mol. The largest absolute Gasteiger partial charge is 0.295 e. The second kappa shape index (κ2) is 5.73. The quantitative estimate of drug-likeness (QED) is 0.795. The van der Waals surface area contributed by atoms with Crippen LogP contribution in [0.4, 0.5) is 4.39 Å². The molecule has 0 spiro atoms. The lowest BCUT2D eigenvalue weighted by molar-refractivity contribution is 0.156. The van der Waals surface area contributed by atoms with Crippen molar-refractivity contribution in [3.63, 3.8) is 0 Å². The lowest BCUT2D eigenvalue weighted by Crippen LogP contribution is -2.39. The van der Waals surface area contributed by atoms with E-state index in [-0.39, 0.29) is 5.82 Å². The number of pyridine rings is 1. The van der Waals surface area contributed by atoms with E-state index in [4.69, 9.17) is 0 Å². The molecule has 2 heterocycles. The Morgan fingerprint density at radius 1 is 1.44 bits per heavy atom.